The molecule has 1 atom stereocenters. The van der Waals surface area contributed by atoms with Crippen LogP contribution in [0.25, 0.3) is 0 Å². The number of hydrogen-bond acceptors (Lipinski definition) is 3. The second-order valence-corrected chi connectivity index (χ2v) is 6.61. The molecule has 1 aromatic rings. The molecule has 0 aromatic carbocycles. The van der Waals surface area contributed by atoms with E-state index >= 15 is 0 Å². The lowest BCUT2D eigenvalue weighted by molar-refractivity contribution is 0.106. The van der Waals surface area contributed by atoms with Gasteiger partial charge in [-0.15, -0.1) is 0 Å². The van der Waals surface area contributed by atoms with E-state index in [-0.39, 0.29) is 12.0 Å². The number of aliphatic hydroxyl groups is 1. The van der Waals surface area contributed by atoms with Crippen LogP contribution >= 0.6 is 15.9 Å². The summed E-state index contributed by atoms with van der Waals surface area (Å²) >= 11 is 3.63. The second kappa shape index (κ2) is 6.86. The van der Waals surface area contributed by atoms with E-state index in [9.17, 15) is 5.11 Å². The third kappa shape index (κ3) is 3.80. The van der Waals surface area contributed by atoms with Gasteiger partial charge in [0.15, 0.2) is 0 Å². The minimum Gasteiger partial charge on any atom is -0.396 e. The van der Waals surface area contributed by atoms with E-state index in [1.54, 1.807) is 0 Å². The Kier molecular flexibility index (Phi) is 6.02. The van der Waals surface area contributed by atoms with E-state index < -0.39 is 0 Å². The topological polar surface area (TPSA) is 64.1 Å². The molecule has 0 saturated heterocycles. The summed E-state index contributed by atoms with van der Waals surface area (Å²) in [6.45, 7) is 7.01. The predicted octanol–water partition coefficient (Wildman–Crippen LogP) is 2.27. The van der Waals surface area contributed by atoms with Crippen molar-refractivity contribution in [3.05, 3.63) is 15.9 Å². The van der Waals surface area contributed by atoms with Crippen LogP contribution in [0.4, 0.5) is 0 Å². The average molecular weight is 332 g/mol. The van der Waals surface area contributed by atoms with Crippen LogP contribution < -0.4 is 5.73 Å². The van der Waals surface area contributed by atoms with Crippen molar-refractivity contribution in [3.63, 3.8) is 0 Å². The van der Waals surface area contributed by atoms with Crippen molar-refractivity contribution in [3.8, 4) is 0 Å². The Bertz CT molecular complexity index is 411. The second-order valence-electron chi connectivity index (χ2n) is 5.82. The average Bonchev–Trinajstić information content (AvgIpc) is 2.64. The molecule has 0 saturated carbocycles. The maximum atomic E-state index is 9.81. The lowest BCUT2D eigenvalue weighted by Gasteiger charge is -2.32. The van der Waals surface area contributed by atoms with Gasteiger partial charge in [-0.3, -0.25) is 4.68 Å². The van der Waals surface area contributed by atoms with Crippen molar-refractivity contribution in [1.29, 1.82) is 0 Å². The van der Waals surface area contributed by atoms with E-state index in [1.807, 2.05) is 11.7 Å². The van der Waals surface area contributed by atoms with Crippen molar-refractivity contribution in [2.24, 2.45) is 24.1 Å². The molecule has 5 heteroatoms. The first-order valence-corrected chi connectivity index (χ1v) is 7.69. The molecule has 0 aliphatic rings. The Morgan fingerprint density at radius 3 is 2.47 bits per heavy atom. The van der Waals surface area contributed by atoms with Gasteiger partial charge in [-0.25, -0.2) is 0 Å². The first-order chi connectivity index (χ1) is 8.89. The molecule has 0 aliphatic heterocycles. The molecule has 4 nitrogen and oxygen atoms in total. The minimum atomic E-state index is -0.254. The van der Waals surface area contributed by atoms with Gasteiger partial charge in [0.2, 0.25) is 0 Å². The van der Waals surface area contributed by atoms with Crippen LogP contribution in [0.1, 0.15) is 38.6 Å². The molecule has 19 heavy (non-hydrogen) atoms. The Morgan fingerprint density at radius 2 is 2.11 bits per heavy atom. The molecule has 1 heterocycles. The molecule has 0 fully saturated rings. The number of hydrogen-bond donors (Lipinski definition) is 2. The Hall–Kier alpha value is -0.390. The van der Waals surface area contributed by atoms with Crippen molar-refractivity contribution < 1.29 is 5.11 Å². The highest BCUT2D eigenvalue weighted by Gasteiger charge is 2.31. The van der Waals surface area contributed by atoms with E-state index in [0.29, 0.717) is 12.5 Å². The molecule has 0 amide bonds. The van der Waals surface area contributed by atoms with Crippen LogP contribution in [0.15, 0.2) is 4.47 Å². The Balaban J connectivity index is 3.06. The van der Waals surface area contributed by atoms with Crippen molar-refractivity contribution >= 4 is 15.9 Å². The summed E-state index contributed by atoms with van der Waals surface area (Å²) in [7, 11) is 1.95. The third-order valence-electron chi connectivity index (χ3n) is 3.66. The van der Waals surface area contributed by atoms with Gasteiger partial charge < -0.3 is 10.8 Å². The summed E-state index contributed by atoms with van der Waals surface area (Å²) in [6, 6.07) is 0. The highest BCUT2D eigenvalue weighted by molar-refractivity contribution is 9.10. The van der Waals surface area contributed by atoms with Gasteiger partial charge in [-0.05, 0) is 41.1 Å². The summed E-state index contributed by atoms with van der Waals surface area (Å²) in [5.41, 5.74) is 7.88. The van der Waals surface area contributed by atoms with Crippen molar-refractivity contribution in [2.75, 3.05) is 13.2 Å². The number of aliphatic hydroxyl groups excluding tert-OH is 1. The number of halogens is 1. The molecular formula is C14H26BrN3O. The fourth-order valence-electron chi connectivity index (χ4n) is 2.65. The highest BCUT2D eigenvalue weighted by atomic mass is 79.9. The van der Waals surface area contributed by atoms with Crippen LogP contribution in [0.5, 0.6) is 0 Å². The first-order valence-electron chi connectivity index (χ1n) is 6.90. The van der Waals surface area contributed by atoms with Crippen molar-refractivity contribution in [1.82, 2.24) is 9.78 Å². The van der Waals surface area contributed by atoms with Crippen LogP contribution in [0.2, 0.25) is 0 Å². The van der Waals surface area contributed by atoms with Gasteiger partial charge >= 0.3 is 0 Å². The van der Waals surface area contributed by atoms with Crippen LogP contribution in [0.3, 0.4) is 0 Å². The van der Waals surface area contributed by atoms with Gasteiger partial charge in [0.05, 0.1) is 22.5 Å². The summed E-state index contributed by atoms with van der Waals surface area (Å²) < 4.78 is 2.97. The summed E-state index contributed by atoms with van der Waals surface area (Å²) in [6.07, 6.45) is 2.56. The van der Waals surface area contributed by atoms with Gasteiger partial charge in [0.25, 0.3) is 0 Å². The molecule has 1 unspecified atom stereocenters. The Morgan fingerprint density at radius 1 is 1.47 bits per heavy atom. The van der Waals surface area contributed by atoms with Gasteiger partial charge in [0, 0.05) is 19.0 Å². The quantitative estimate of drug-likeness (QED) is 0.805. The van der Waals surface area contributed by atoms with E-state index in [4.69, 9.17) is 5.73 Å². The SMILES string of the molecule is CCc1nn(C)c(CC(CN)(CO)CC(C)C)c1Br. The standard InChI is InChI=1S/C14H26BrN3O/c1-5-11-13(15)12(18(4)17-11)7-14(8-16,9-19)6-10(2)3/h10,19H,5-9,16H2,1-4H3. The lowest BCUT2D eigenvalue weighted by atomic mass is 9.77. The fraction of sp³-hybridized carbons (Fsp3) is 0.786. The smallest absolute Gasteiger partial charge is 0.0766 e. The molecule has 0 bridgehead atoms. The van der Waals surface area contributed by atoms with Crippen LogP contribution in [-0.4, -0.2) is 28.0 Å². The van der Waals surface area contributed by atoms with Crippen LogP contribution in [0, 0.1) is 11.3 Å². The van der Waals surface area contributed by atoms with E-state index in [2.05, 4.69) is 41.8 Å². The largest absolute Gasteiger partial charge is 0.396 e. The van der Waals surface area contributed by atoms with E-state index in [0.717, 1.165) is 35.1 Å². The number of nitrogens with zero attached hydrogens (tertiary/aromatic N) is 2. The summed E-state index contributed by atoms with van der Waals surface area (Å²) in [4.78, 5) is 0. The zero-order valence-corrected chi connectivity index (χ0v) is 14.0. The van der Waals surface area contributed by atoms with Gasteiger partial charge in [-0.1, -0.05) is 20.8 Å². The van der Waals surface area contributed by atoms with Gasteiger partial charge in [0.1, 0.15) is 0 Å². The normalized spacial score (nSPS) is 14.9. The zero-order chi connectivity index (χ0) is 14.6. The monoisotopic (exact) mass is 331 g/mol. The summed E-state index contributed by atoms with van der Waals surface area (Å²) in [5, 5.41) is 14.3. The minimum absolute atomic E-state index is 0.112. The molecule has 0 spiro atoms. The maximum absolute atomic E-state index is 9.81. The van der Waals surface area contributed by atoms with Crippen LogP contribution in [-0.2, 0) is 19.9 Å². The van der Waals surface area contributed by atoms with E-state index in [1.165, 1.54) is 0 Å². The predicted molar refractivity (Wildman–Crippen MR) is 82.0 cm³/mol. The maximum Gasteiger partial charge on any atom is 0.0766 e. The molecule has 0 radical (unpaired) electrons. The molecular weight excluding hydrogens is 306 g/mol. The molecule has 1 aromatic heterocycles. The summed E-state index contributed by atoms with van der Waals surface area (Å²) in [5.74, 6) is 0.508. The number of rotatable bonds is 7. The number of aryl methyl sites for hydroxylation is 2. The zero-order valence-electron chi connectivity index (χ0n) is 12.4. The van der Waals surface area contributed by atoms with Crippen molar-refractivity contribution in [2.45, 2.75) is 40.0 Å². The highest BCUT2D eigenvalue weighted by Crippen LogP contribution is 2.33. The fourth-order valence-corrected chi connectivity index (χ4v) is 3.40. The lowest BCUT2D eigenvalue weighted by Crippen LogP contribution is -2.38. The molecule has 3 N–H and O–H groups in total. The number of aromatic nitrogens is 2. The first kappa shape index (κ1) is 16.7. The number of nitrogens with two attached hydrogens (primary N) is 1. The molecule has 110 valence electrons. The molecule has 0 aliphatic carbocycles. The Labute approximate surface area is 124 Å². The van der Waals surface area contributed by atoms with Gasteiger partial charge in [-0.2, -0.15) is 5.10 Å². The molecule has 1 rings (SSSR count). The third-order valence-corrected chi connectivity index (χ3v) is 4.57.